The van der Waals surface area contributed by atoms with Gasteiger partial charge in [-0.1, -0.05) is 0 Å². The number of phenols is 1. The Morgan fingerprint density at radius 3 is 2.47 bits per heavy atom. The molecule has 5 nitrogen and oxygen atoms in total. The number of hydrogen-bond acceptors (Lipinski definition) is 5. The second-order valence-electron chi connectivity index (χ2n) is 3.52. The van der Waals surface area contributed by atoms with Gasteiger partial charge in [0, 0.05) is 5.56 Å². The lowest BCUT2D eigenvalue weighted by Crippen LogP contribution is -2.16. The van der Waals surface area contributed by atoms with Crippen LogP contribution in [0.1, 0.15) is 23.7 Å². The summed E-state index contributed by atoms with van der Waals surface area (Å²) in [4.78, 5) is 33.7. The normalized spacial score (nSPS) is 9.76. The highest BCUT2D eigenvalue weighted by Crippen LogP contribution is 2.26. The number of ether oxygens (including phenoxy) is 1. The van der Waals surface area contributed by atoms with E-state index in [9.17, 15) is 19.5 Å². The smallest absolute Gasteiger partial charge is 0.229 e. The molecule has 0 aliphatic rings. The fourth-order valence-electron chi connectivity index (χ4n) is 1.29. The Morgan fingerprint density at radius 1 is 1.29 bits per heavy atom. The van der Waals surface area contributed by atoms with Crippen LogP contribution in [0.25, 0.3) is 0 Å². The van der Waals surface area contributed by atoms with Gasteiger partial charge in [0.2, 0.25) is 11.6 Å². The number of phenolic OH excluding ortho intramolecular Hbond substituents is 1. The molecule has 90 valence electrons. The van der Waals surface area contributed by atoms with E-state index in [0.717, 1.165) is 0 Å². The van der Waals surface area contributed by atoms with Crippen molar-refractivity contribution in [1.29, 1.82) is 0 Å². The predicted octanol–water partition coefficient (Wildman–Crippen LogP) is 1.13. The monoisotopic (exact) mass is 236 g/mol. The fraction of sp³-hybridized carbons (Fsp3) is 0.250. The Balaban J connectivity index is 2.97. The summed E-state index contributed by atoms with van der Waals surface area (Å²) in [7, 11) is 1.33. The molecule has 0 unspecified atom stereocenters. The molecule has 1 aromatic rings. The van der Waals surface area contributed by atoms with Crippen molar-refractivity contribution in [3.8, 4) is 11.5 Å². The van der Waals surface area contributed by atoms with Crippen molar-refractivity contribution in [2.75, 3.05) is 7.11 Å². The Hall–Kier alpha value is -2.17. The van der Waals surface area contributed by atoms with E-state index in [1.807, 2.05) is 0 Å². The average Bonchev–Trinajstić information content (AvgIpc) is 2.27. The summed E-state index contributed by atoms with van der Waals surface area (Å²) in [5.74, 6) is -1.92. The first-order valence-electron chi connectivity index (χ1n) is 4.89. The van der Waals surface area contributed by atoms with Crippen molar-refractivity contribution >= 4 is 17.3 Å². The maximum absolute atomic E-state index is 11.6. The van der Waals surface area contributed by atoms with Crippen LogP contribution in [0, 0.1) is 0 Å². The van der Waals surface area contributed by atoms with Crippen molar-refractivity contribution in [2.24, 2.45) is 0 Å². The zero-order chi connectivity index (χ0) is 13.0. The molecule has 0 fully saturated rings. The molecule has 0 aliphatic heterocycles. The summed E-state index contributed by atoms with van der Waals surface area (Å²) < 4.78 is 4.82. The summed E-state index contributed by atoms with van der Waals surface area (Å²) in [6.45, 7) is 1.24. The van der Waals surface area contributed by atoms with Gasteiger partial charge < -0.3 is 9.84 Å². The van der Waals surface area contributed by atoms with Crippen LogP contribution in [0.5, 0.6) is 11.5 Å². The van der Waals surface area contributed by atoms with Gasteiger partial charge in [0.15, 0.2) is 11.5 Å². The maximum atomic E-state index is 11.6. The van der Waals surface area contributed by atoms with Crippen molar-refractivity contribution in [3.05, 3.63) is 23.8 Å². The van der Waals surface area contributed by atoms with E-state index in [4.69, 9.17) is 4.74 Å². The number of rotatable bonds is 5. The average molecular weight is 236 g/mol. The number of aromatic hydroxyl groups is 1. The van der Waals surface area contributed by atoms with Crippen molar-refractivity contribution in [3.63, 3.8) is 0 Å². The van der Waals surface area contributed by atoms with Gasteiger partial charge in [0.1, 0.15) is 5.78 Å². The van der Waals surface area contributed by atoms with Gasteiger partial charge in [-0.3, -0.25) is 14.4 Å². The van der Waals surface area contributed by atoms with Crippen LogP contribution in [0.2, 0.25) is 0 Å². The Kier molecular flexibility index (Phi) is 3.98. The minimum absolute atomic E-state index is 0.0888. The molecule has 1 N–H and O–H groups in total. The third-order valence-electron chi connectivity index (χ3n) is 2.10. The Morgan fingerprint density at radius 2 is 1.94 bits per heavy atom. The van der Waals surface area contributed by atoms with E-state index in [-0.39, 0.29) is 22.8 Å². The topological polar surface area (TPSA) is 80.7 Å². The van der Waals surface area contributed by atoms with Crippen LogP contribution in [-0.2, 0) is 9.59 Å². The lowest BCUT2D eigenvalue weighted by molar-refractivity contribution is -0.123. The fourth-order valence-corrected chi connectivity index (χ4v) is 1.29. The van der Waals surface area contributed by atoms with Gasteiger partial charge in [-0.15, -0.1) is 0 Å². The molecule has 0 radical (unpaired) electrons. The number of Topliss-reactive ketones (excluding diaryl/α,β-unsaturated/α-hetero) is 3. The third kappa shape index (κ3) is 3.14. The molecule has 0 spiro atoms. The molecule has 1 rings (SSSR count). The molecular formula is C12H12O5. The summed E-state index contributed by atoms with van der Waals surface area (Å²) in [5, 5.41) is 9.33. The van der Waals surface area contributed by atoms with E-state index in [1.54, 1.807) is 0 Å². The lowest BCUT2D eigenvalue weighted by Gasteiger charge is -2.05. The van der Waals surface area contributed by atoms with Gasteiger partial charge in [-0.05, 0) is 25.1 Å². The Labute approximate surface area is 98.0 Å². The van der Waals surface area contributed by atoms with Crippen LogP contribution in [0.15, 0.2) is 18.2 Å². The van der Waals surface area contributed by atoms with Crippen LogP contribution in [0.3, 0.4) is 0 Å². The number of ketones is 3. The van der Waals surface area contributed by atoms with Gasteiger partial charge in [-0.2, -0.15) is 0 Å². The van der Waals surface area contributed by atoms with Crippen LogP contribution in [-0.4, -0.2) is 29.6 Å². The zero-order valence-corrected chi connectivity index (χ0v) is 9.52. The highest BCUT2D eigenvalue weighted by molar-refractivity contribution is 6.46. The molecule has 0 aliphatic carbocycles. The van der Waals surface area contributed by atoms with E-state index >= 15 is 0 Å². The predicted molar refractivity (Wildman–Crippen MR) is 59.3 cm³/mol. The number of methoxy groups -OCH3 is 1. The van der Waals surface area contributed by atoms with Crippen molar-refractivity contribution < 1.29 is 24.2 Å². The van der Waals surface area contributed by atoms with E-state index in [1.165, 1.54) is 32.2 Å². The highest BCUT2D eigenvalue weighted by Gasteiger charge is 2.19. The molecule has 5 heteroatoms. The first-order valence-corrected chi connectivity index (χ1v) is 4.89. The minimum atomic E-state index is -0.773. The first kappa shape index (κ1) is 12.9. The van der Waals surface area contributed by atoms with E-state index in [2.05, 4.69) is 0 Å². The van der Waals surface area contributed by atoms with Gasteiger partial charge in [0.25, 0.3) is 0 Å². The molecule has 0 saturated heterocycles. The van der Waals surface area contributed by atoms with E-state index < -0.39 is 18.0 Å². The Bertz CT molecular complexity index is 476. The highest BCUT2D eigenvalue weighted by atomic mass is 16.5. The summed E-state index contributed by atoms with van der Waals surface area (Å²) in [5.41, 5.74) is 0.0888. The summed E-state index contributed by atoms with van der Waals surface area (Å²) in [6, 6.07) is 3.82. The lowest BCUT2D eigenvalue weighted by atomic mass is 10.0. The molecule has 0 heterocycles. The second-order valence-corrected chi connectivity index (χ2v) is 3.52. The van der Waals surface area contributed by atoms with Crippen LogP contribution < -0.4 is 4.74 Å². The van der Waals surface area contributed by atoms with Crippen LogP contribution in [0.4, 0.5) is 0 Å². The molecule has 0 saturated carbocycles. The van der Waals surface area contributed by atoms with Crippen LogP contribution >= 0.6 is 0 Å². The third-order valence-corrected chi connectivity index (χ3v) is 2.10. The first-order chi connectivity index (χ1) is 7.95. The molecule has 0 amide bonds. The van der Waals surface area contributed by atoms with Crippen molar-refractivity contribution in [1.82, 2.24) is 0 Å². The van der Waals surface area contributed by atoms with Gasteiger partial charge >= 0.3 is 0 Å². The van der Waals surface area contributed by atoms with Gasteiger partial charge in [0.05, 0.1) is 13.5 Å². The van der Waals surface area contributed by atoms with E-state index in [0.29, 0.717) is 0 Å². The van der Waals surface area contributed by atoms with Crippen molar-refractivity contribution in [2.45, 2.75) is 13.3 Å². The number of carbonyl (C=O) groups excluding carboxylic acids is 3. The molecule has 1 aromatic carbocycles. The molecular weight excluding hydrogens is 224 g/mol. The largest absolute Gasteiger partial charge is 0.504 e. The number of benzene rings is 1. The quantitative estimate of drug-likeness (QED) is 0.471. The summed E-state index contributed by atoms with van der Waals surface area (Å²) in [6.07, 6.45) is -0.415. The maximum Gasteiger partial charge on any atom is 0.229 e. The standard InChI is InChI=1S/C12H12O5/c1-7(13)5-10(15)12(16)8-3-4-9(14)11(6-8)17-2/h3-4,6,14H,5H2,1-2H3. The van der Waals surface area contributed by atoms with Gasteiger partial charge in [-0.25, -0.2) is 0 Å². The molecule has 17 heavy (non-hydrogen) atoms. The number of hydrogen-bond donors (Lipinski definition) is 1. The SMILES string of the molecule is COc1cc(C(=O)C(=O)CC(C)=O)ccc1O. The molecule has 0 bridgehead atoms. The molecule has 0 atom stereocenters. The minimum Gasteiger partial charge on any atom is -0.504 e. The molecule has 0 aromatic heterocycles. The summed E-state index contributed by atoms with van der Waals surface area (Å²) >= 11 is 0. The number of carbonyl (C=O) groups is 3. The zero-order valence-electron chi connectivity index (χ0n) is 9.52. The second kappa shape index (κ2) is 5.25.